The van der Waals surface area contributed by atoms with E-state index in [1.165, 1.54) is 31.7 Å². The van der Waals surface area contributed by atoms with Crippen LogP contribution in [-0.4, -0.2) is 6.04 Å². The Bertz CT molecular complexity index is 387. The summed E-state index contributed by atoms with van der Waals surface area (Å²) in [5.41, 5.74) is 1.05. The van der Waals surface area contributed by atoms with Crippen molar-refractivity contribution in [1.82, 2.24) is 5.32 Å². The van der Waals surface area contributed by atoms with Crippen LogP contribution < -0.4 is 5.32 Å². The molecule has 3 heteroatoms. The van der Waals surface area contributed by atoms with E-state index in [-0.39, 0.29) is 5.82 Å². The van der Waals surface area contributed by atoms with Gasteiger partial charge in [0.25, 0.3) is 0 Å². The van der Waals surface area contributed by atoms with Crippen molar-refractivity contribution >= 4 is 11.6 Å². The van der Waals surface area contributed by atoms with E-state index in [0.717, 1.165) is 0 Å². The molecule has 0 spiro atoms. The molecule has 1 aromatic carbocycles. The number of halogens is 2. The molecule has 1 N–H and O–H groups in total. The van der Waals surface area contributed by atoms with Crippen LogP contribution in [0.1, 0.15) is 45.1 Å². The Morgan fingerprint density at radius 1 is 1.33 bits per heavy atom. The van der Waals surface area contributed by atoms with Crippen LogP contribution in [-0.2, 0) is 6.54 Å². The van der Waals surface area contributed by atoms with Gasteiger partial charge in [-0.05, 0) is 43.2 Å². The second-order valence-corrected chi connectivity index (χ2v) is 6.43. The first-order valence-corrected chi connectivity index (χ1v) is 7.02. The Morgan fingerprint density at radius 3 is 2.61 bits per heavy atom. The molecule has 1 saturated carbocycles. The lowest BCUT2D eigenvalue weighted by atomic mass is 9.75. The summed E-state index contributed by atoms with van der Waals surface area (Å²) in [7, 11) is 0. The quantitative estimate of drug-likeness (QED) is 0.850. The lowest BCUT2D eigenvalue weighted by molar-refractivity contribution is 0.205. The zero-order valence-corrected chi connectivity index (χ0v) is 11.9. The van der Waals surface area contributed by atoms with E-state index in [2.05, 4.69) is 19.2 Å². The molecule has 0 bridgehead atoms. The molecule has 0 saturated heterocycles. The van der Waals surface area contributed by atoms with Gasteiger partial charge >= 0.3 is 0 Å². The van der Waals surface area contributed by atoms with Crippen molar-refractivity contribution in [3.63, 3.8) is 0 Å². The van der Waals surface area contributed by atoms with Crippen molar-refractivity contribution in [3.8, 4) is 0 Å². The Hall–Kier alpha value is -0.600. The smallest absolute Gasteiger partial charge is 0.129 e. The van der Waals surface area contributed by atoms with Gasteiger partial charge in [0.2, 0.25) is 0 Å². The van der Waals surface area contributed by atoms with Crippen LogP contribution in [0.3, 0.4) is 0 Å². The minimum absolute atomic E-state index is 0.217. The number of benzene rings is 1. The first-order valence-electron chi connectivity index (χ1n) is 6.64. The van der Waals surface area contributed by atoms with Crippen molar-refractivity contribution in [3.05, 3.63) is 34.6 Å². The summed E-state index contributed by atoms with van der Waals surface area (Å²) in [6, 6.07) is 5.34. The molecular formula is C15H21ClFN. The van der Waals surface area contributed by atoms with Crippen LogP contribution in [0.25, 0.3) is 0 Å². The van der Waals surface area contributed by atoms with Gasteiger partial charge in [-0.25, -0.2) is 4.39 Å². The maximum atomic E-state index is 13.6. The molecule has 0 atom stereocenters. The predicted molar refractivity (Wildman–Crippen MR) is 74.3 cm³/mol. The molecule has 100 valence electrons. The second-order valence-electron chi connectivity index (χ2n) is 6.02. The van der Waals surface area contributed by atoms with Crippen LogP contribution in [0, 0.1) is 11.2 Å². The minimum atomic E-state index is -0.217. The first-order chi connectivity index (χ1) is 8.48. The molecule has 0 unspecified atom stereocenters. The summed E-state index contributed by atoms with van der Waals surface area (Å²) in [4.78, 5) is 0. The second kappa shape index (κ2) is 5.58. The van der Waals surface area contributed by atoms with Gasteiger partial charge < -0.3 is 5.32 Å². The average molecular weight is 270 g/mol. The number of hydrogen-bond acceptors (Lipinski definition) is 1. The maximum Gasteiger partial charge on any atom is 0.129 e. The van der Waals surface area contributed by atoms with E-state index in [9.17, 15) is 4.39 Å². The Morgan fingerprint density at radius 2 is 2.00 bits per heavy atom. The van der Waals surface area contributed by atoms with Crippen molar-refractivity contribution in [1.29, 1.82) is 0 Å². The monoisotopic (exact) mass is 269 g/mol. The fourth-order valence-electron chi connectivity index (χ4n) is 2.55. The van der Waals surface area contributed by atoms with Gasteiger partial charge in [-0.3, -0.25) is 0 Å². The van der Waals surface area contributed by atoms with E-state index in [0.29, 0.717) is 28.6 Å². The average Bonchev–Trinajstić information content (AvgIpc) is 2.30. The van der Waals surface area contributed by atoms with E-state index >= 15 is 0 Å². The Balaban J connectivity index is 1.89. The zero-order chi connectivity index (χ0) is 13.2. The standard InChI is InChI=1S/C15H21ClFN/c1-15(2)8-6-11(7-9-15)18-10-12-13(16)4-3-5-14(12)17/h3-5,11,18H,6-10H2,1-2H3. The maximum absolute atomic E-state index is 13.6. The third-order valence-corrected chi connectivity index (χ3v) is 4.32. The molecular weight excluding hydrogens is 249 g/mol. The van der Waals surface area contributed by atoms with Crippen LogP contribution in [0.5, 0.6) is 0 Å². The summed E-state index contributed by atoms with van der Waals surface area (Å²) in [6.07, 6.45) is 4.80. The predicted octanol–water partition coefficient (Wildman–Crippen LogP) is 4.54. The third kappa shape index (κ3) is 3.46. The number of hydrogen-bond donors (Lipinski definition) is 1. The molecule has 2 rings (SSSR count). The summed E-state index contributed by atoms with van der Waals surface area (Å²) < 4.78 is 13.6. The largest absolute Gasteiger partial charge is 0.310 e. The molecule has 0 aliphatic heterocycles. The minimum Gasteiger partial charge on any atom is -0.310 e. The normalized spacial score (nSPS) is 20.0. The molecule has 1 aliphatic rings. The lowest BCUT2D eigenvalue weighted by Gasteiger charge is -2.34. The highest BCUT2D eigenvalue weighted by atomic mass is 35.5. The van der Waals surface area contributed by atoms with Crippen molar-refractivity contribution in [2.75, 3.05) is 0 Å². The molecule has 1 nitrogen and oxygen atoms in total. The third-order valence-electron chi connectivity index (χ3n) is 3.97. The number of rotatable bonds is 3. The Labute approximate surface area is 114 Å². The topological polar surface area (TPSA) is 12.0 Å². The van der Waals surface area contributed by atoms with Gasteiger partial charge in [0.15, 0.2) is 0 Å². The molecule has 1 aliphatic carbocycles. The van der Waals surface area contributed by atoms with Crippen LogP contribution in [0.15, 0.2) is 18.2 Å². The van der Waals surface area contributed by atoms with Gasteiger partial charge in [-0.15, -0.1) is 0 Å². The fraction of sp³-hybridized carbons (Fsp3) is 0.600. The number of nitrogens with one attached hydrogen (secondary N) is 1. The lowest BCUT2D eigenvalue weighted by Crippen LogP contribution is -2.35. The van der Waals surface area contributed by atoms with Crippen molar-refractivity contribution in [2.45, 2.75) is 52.1 Å². The molecule has 0 aromatic heterocycles. The van der Waals surface area contributed by atoms with Crippen LogP contribution in [0.2, 0.25) is 5.02 Å². The molecule has 1 fully saturated rings. The van der Waals surface area contributed by atoms with Crippen molar-refractivity contribution < 1.29 is 4.39 Å². The SMILES string of the molecule is CC1(C)CCC(NCc2c(F)cccc2Cl)CC1. The molecule has 0 radical (unpaired) electrons. The first kappa shape index (κ1) is 13.8. The summed E-state index contributed by atoms with van der Waals surface area (Å²) in [6.45, 7) is 5.16. The zero-order valence-electron chi connectivity index (χ0n) is 11.1. The highest BCUT2D eigenvalue weighted by Crippen LogP contribution is 2.35. The van der Waals surface area contributed by atoms with E-state index in [4.69, 9.17) is 11.6 Å². The summed E-state index contributed by atoms with van der Waals surface area (Å²) in [5, 5.41) is 3.95. The van der Waals surface area contributed by atoms with Gasteiger partial charge in [-0.2, -0.15) is 0 Å². The van der Waals surface area contributed by atoms with Gasteiger partial charge in [0, 0.05) is 23.2 Å². The Kier molecular flexibility index (Phi) is 4.29. The molecule has 0 heterocycles. The van der Waals surface area contributed by atoms with Crippen LogP contribution in [0.4, 0.5) is 4.39 Å². The van der Waals surface area contributed by atoms with E-state index in [1.807, 2.05) is 0 Å². The summed E-state index contributed by atoms with van der Waals surface area (Å²) >= 11 is 6.01. The van der Waals surface area contributed by atoms with Crippen LogP contribution >= 0.6 is 11.6 Å². The van der Waals surface area contributed by atoms with E-state index in [1.54, 1.807) is 12.1 Å². The van der Waals surface area contributed by atoms with Gasteiger partial charge in [0.1, 0.15) is 5.82 Å². The van der Waals surface area contributed by atoms with E-state index < -0.39 is 0 Å². The van der Waals surface area contributed by atoms with Crippen molar-refractivity contribution in [2.24, 2.45) is 5.41 Å². The van der Waals surface area contributed by atoms with Gasteiger partial charge in [-0.1, -0.05) is 31.5 Å². The molecule has 18 heavy (non-hydrogen) atoms. The molecule has 0 amide bonds. The van der Waals surface area contributed by atoms with Gasteiger partial charge in [0.05, 0.1) is 0 Å². The fourth-order valence-corrected chi connectivity index (χ4v) is 2.78. The summed E-state index contributed by atoms with van der Waals surface area (Å²) in [5.74, 6) is -0.217. The highest BCUT2D eigenvalue weighted by Gasteiger charge is 2.26. The molecule has 1 aromatic rings. The highest BCUT2D eigenvalue weighted by molar-refractivity contribution is 6.31.